The minimum Gasteiger partial charge on any atom is -0.466 e. The van der Waals surface area contributed by atoms with E-state index in [1.54, 1.807) is 6.08 Å². The van der Waals surface area contributed by atoms with Crippen LogP contribution in [0.15, 0.2) is 48.6 Å². The minimum absolute atomic E-state index is 0.0120. The molecule has 0 aromatic carbocycles. The third-order valence-corrected chi connectivity index (χ3v) is 12.8. The number of nitrogens with one attached hydrogen (secondary N) is 1. The molecule has 0 rings (SSSR count). The number of aliphatic hydroxyl groups excluding tert-OH is 2. The van der Waals surface area contributed by atoms with E-state index in [9.17, 15) is 19.8 Å². The molecular weight excluding hydrogens is 803 g/mol. The van der Waals surface area contributed by atoms with E-state index in [4.69, 9.17) is 4.74 Å². The first-order chi connectivity index (χ1) is 32.0. The highest BCUT2D eigenvalue weighted by Gasteiger charge is 2.18. The zero-order valence-electron chi connectivity index (χ0n) is 43.2. The number of ether oxygens (including phenoxy) is 1. The molecular formula is C59H109NO5. The van der Waals surface area contributed by atoms with Crippen molar-refractivity contribution in [3.8, 4) is 0 Å². The van der Waals surface area contributed by atoms with Gasteiger partial charge in [-0.1, -0.05) is 236 Å². The number of esters is 1. The van der Waals surface area contributed by atoms with Crippen molar-refractivity contribution in [3.05, 3.63) is 48.6 Å². The zero-order valence-corrected chi connectivity index (χ0v) is 43.2. The lowest BCUT2D eigenvalue weighted by molar-refractivity contribution is -0.143. The number of aliphatic hydroxyl groups is 2. The molecule has 65 heavy (non-hydrogen) atoms. The highest BCUT2D eigenvalue weighted by molar-refractivity contribution is 5.76. The van der Waals surface area contributed by atoms with E-state index < -0.39 is 12.1 Å². The van der Waals surface area contributed by atoms with Crippen LogP contribution in [0.3, 0.4) is 0 Å². The highest BCUT2D eigenvalue weighted by atomic mass is 16.5. The summed E-state index contributed by atoms with van der Waals surface area (Å²) in [6, 6.07) is -0.639. The quantitative estimate of drug-likeness (QED) is 0.0321. The normalized spacial score (nSPS) is 13.0. The maximum Gasteiger partial charge on any atom is 0.305 e. The average molecular weight is 913 g/mol. The summed E-state index contributed by atoms with van der Waals surface area (Å²) in [6.45, 7) is 4.86. The summed E-state index contributed by atoms with van der Waals surface area (Å²) >= 11 is 0. The van der Waals surface area contributed by atoms with Crippen molar-refractivity contribution in [2.24, 2.45) is 0 Å². The van der Waals surface area contributed by atoms with Crippen LogP contribution in [0.2, 0.25) is 0 Å². The van der Waals surface area contributed by atoms with E-state index in [1.165, 1.54) is 193 Å². The summed E-state index contributed by atoms with van der Waals surface area (Å²) < 4.78 is 5.47. The van der Waals surface area contributed by atoms with Gasteiger partial charge in [-0.2, -0.15) is 0 Å². The Bertz CT molecular complexity index is 1100. The van der Waals surface area contributed by atoms with Crippen LogP contribution in [0, 0.1) is 0 Å². The van der Waals surface area contributed by atoms with Gasteiger partial charge in [-0.3, -0.25) is 9.59 Å². The number of carbonyl (C=O) groups is 2. The molecule has 0 aliphatic heterocycles. The highest BCUT2D eigenvalue weighted by Crippen LogP contribution is 2.15. The van der Waals surface area contributed by atoms with Crippen molar-refractivity contribution < 1.29 is 24.5 Å². The monoisotopic (exact) mass is 912 g/mol. The molecule has 0 aromatic rings. The summed E-state index contributed by atoms with van der Waals surface area (Å²) in [4.78, 5) is 24.5. The van der Waals surface area contributed by atoms with Crippen molar-refractivity contribution in [1.29, 1.82) is 0 Å². The minimum atomic E-state index is -0.854. The van der Waals surface area contributed by atoms with Gasteiger partial charge in [-0.15, -0.1) is 0 Å². The van der Waals surface area contributed by atoms with Crippen LogP contribution in [-0.2, 0) is 14.3 Å². The molecule has 3 N–H and O–H groups in total. The van der Waals surface area contributed by atoms with Gasteiger partial charge >= 0.3 is 5.97 Å². The molecule has 1 amide bonds. The molecule has 6 heteroatoms. The SMILES string of the molecule is CCCCCC/C=C\C/C=C\CCCCCCCC(=O)OCCCCCCCCCCC/C=C\CCCCCCCC(=O)NC(CO)C(O)/C=C/CCCCCCCCCCCCCC. The molecule has 0 aliphatic carbocycles. The number of unbranched alkanes of at least 4 members (excludes halogenated alkanes) is 35. The lowest BCUT2D eigenvalue weighted by Gasteiger charge is -2.20. The summed E-state index contributed by atoms with van der Waals surface area (Å²) in [7, 11) is 0. The third-order valence-electron chi connectivity index (χ3n) is 12.8. The van der Waals surface area contributed by atoms with Crippen LogP contribution < -0.4 is 5.32 Å². The molecule has 380 valence electrons. The fourth-order valence-corrected chi connectivity index (χ4v) is 8.42. The average Bonchev–Trinajstić information content (AvgIpc) is 3.31. The number of amides is 1. The van der Waals surface area contributed by atoms with E-state index >= 15 is 0 Å². The number of allylic oxidation sites excluding steroid dienone is 7. The molecule has 2 atom stereocenters. The Hall–Kier alpha value is -2.18. The van der Waals surface area contributed by atoms with Gasteiger partial charge in [0.25, 0.3) is 0 Å². The Labute approximate surface area is 404 Å². The predicted molar refractivity (Wildman–Crippen MR) is 282 cm³/mol. The molecule has 2 unspecified atom stereocenters. The third kappa shape index (κ3) is 51.1. The molecule has 0 spiro atoms. The Balaban J connectivity index is 3.49. The van der Waals surface area contributed by atoms with Crippen molar-refractivity contribution >= 4 is 11.9 Å². The first-order valence-electron chi connectivity index (χ1n) is 28.4. The summed E-state index contributed by atoms with van der Waals surface area (Å²) in [6.07, 6.45) is 68.4. The van der Waals surface area contributed by atoms with Crippen LogP contribution in [0.25, 0.3) is 0 Å². The van der Waals surface area contributed by atoms with Crippen LogP contribution in [0.1, 0.15) is 290 Å². The van der Waals surface area contributed by atoms with Crippen LogP contribution in [-0.4, -0.2) is 47.4 Å². The van der Waals surface area contributed by atoms with Crippen molar-refractivity contribution in [2.75, 3.05) is 13.2 Å². The van der Waals surface area contributed by atoms with E-state index in [0.29, 0.717) is 19.4 Å². The van der Waals surface area contributed by atoms with E-state index in [2.05, 4.69) is 55.6 Å². The van der Waals surface area contributed by atoms with Gasteiger partial charge in [0.1, 0.15) is 0 Å². The van der Waals surface area contributed by atoms with Gasteiger partial charge < -0.3 is 20.3 Å². The Kier molecular flexibility index (Phi) is 52.6. The zero-order chi connectivity index (χ0) is 47.2. The van der Waals surface area contributed by atoms with Crippen LogP contribution in [0.5, 0.6) is 0 Å². The fourth-order valence-electron chi connectivity index (χ4n) is 8.42. The van der Waals surface area contributed by atoms with Crippen LogP contribution >= 0.6 is 0 Å². The largest absolute Gasteiger partial charge is 0.466 e. The summed E-state index contributed by atoms with van der Waals surface area (Å²) in [5.74, 6) is -0.0953. The molecule has 6 nitrogen and oxygen atoms in total. The van der Waals surface area contributed by atoms with Gasteiger partial charge in [0, 0.05) is 12.8 Å². The standard InChI is InChI=1S/C59H109NO5/c1-3-5-7-9-11-13-15-17-19-25-29-33-37-41-45-49-53-59(64)65-54-50-46-42-38-34-30-26-23-21-20-22-24-28-32-36-40-44-48-52-58(63)60-56(55-61)57(62)51-47-43-39-35-31-27-18-16-14-12-10-8-6-4-2/h13,15,19,22,24-25,47,51,56-57,61-62H,3-12,14,16-18,20-21,23,26-46,48-50,52-55H2,1-2H3,(H,60,63)/b15-13-,24-22-,25-19-,51-47+. The van der Waals surface area contributed by atoms with Gasteiger partial charge in [0.2, 0.25) is 5.91 Å². The fraction of sp³-hybridized carbons (Fsp3) is 0.831. The number of rotatable bonds is 52. The summed E-state index contributed by atoms with van der Waals surface area (Å²) in [5.41, 5.74) is 0. The van der Waals surface area contributed by atoms with Gasteiger partial charge in [0.05, 0.1) is 25.4 Å². The predicted octanol–water partition coefficient (Wildman–Crippen LogP) is 17.4. The van der Waals surface area contributed by atoms with E-state index in [1.807, 2.05) is 6.08 Å². The first-order valence-corrected chi connectivity index (χ1v) is 28.4. The molecule has 0 bridgehead atoms. The second-order valence-electron chi connectivity index (χ2n) is 19.3. The van der Waals surface area contributed by atoms with E-state index in [-0.39, 0.29) is 18.5 Å². The number of carbonyl (C=O) groups excluding carboxylic acids is 2. The second-order valence-corrected chi connectivity index (χ2v) is 19.3. The maximum absolute atomic E-state index is 12.4. The first kappa shape index (κ1) is 62.8. The molecule has 0 aliphatic rings. The van der Waals surface area contributed by atoms with Crippen molar-refractivity contribution in [2.45, 2.75) is 302 Å². The lowest BCUT2D eigenvalue weighted by atomic mass is 10.0. The Morgan fingerprint density at radius 3 is 1.20 bits per heavy atom. The number of hydrogen-bond donors (Lipinski definition) is 3. The van der Waals surface area contributed by atoms with Crippen molar-refractivity contribution in [1.82, 2.24) is 5.32 Å². The molecule has 0 aromatic heterocycles. The molecule has 0 saturated carbocycles. The van der Waals surface area contributed by atoms with E-state index in [0.717, 1.165) is 70.6 Å². The van der Waals surface area contributed by atoms with Gasteiger partial charge in [-0.25, -0.2) is 0 Å². The Morgan fingerprint density at radius 1 is 0.431 bits per heavy atom. The van der Waals surface area contributed by atoms with Gasteiger partial charge in [0.15, 0.2) is 0 Å². The second kappa shape index (κ2) is 54.4. The van der Waals surface area contributed by atoms with Crippen LogP contribution in [0.4, 0.5) is 0 Å². The lowest BCUT2D eigenvalue weighted by Crippen LogP contribution is -2.45. The van der Waals surface area contributed by atoms with Crippen molar-refractivity contribution in [3.63, 3.8) is 0 Å². The summed E-state index contributed by atoms with van der Waals surface area (Å²) in [5, 5.41) is 23.1. The molecule has 0 heterocycles. The van der Waals surface area contributed by atoms with Gasteiger partial charge in [-0.05, 0) is 89.9 Å². The molecule has 0 fully saturated rings. The smallest absolute Gasteiger partial charge is 0.305 e. The maximum atomic E-state index is 12.4. The Morgan fingerprint density at radius 2 is 0.769 bits per heavy atom. The molecule has 0 radical (unpaired) electrons. The topological polar surface area (TPSA) is 95.9 Å². The number of hydrogen-bond acceptors (Lipinski definition) is 5. The molecule has 0 saturated heterocycles.